The molecule has 0 aliphatic heterocycles. The Bertz CT molecular complexity index is 249. The van der Waals surface area contributed by atoms with Crippen LogP contribution in [0.15, 0.2) is 18.2 Å². The van der Waals surface area contributed by atoms with E-state index in [0.29, 0.717) is 5.56 Å². The van der Waals surface area contributed by atoms with E-state index >= 15 is 0 Å². The van der Waals surface area contributed by atoms with Crippen molar-refractivity contribution in [3.05, 3.63) is 35.4 Å². The summed E-state index contributed by atoms with van der Waals surface area (Å²) >= 11 is 0. The molecule has 0 heterocycles. The number of methoxy groups -OCH3 is 1. The molecule has 0 unspecified atom stereocenters. The van der Waals surface area contributed by atoms with Crippen LogP contribution in [0.5, 0.6) is 0 Å². The van der Waals surface area contributed by atoms with E-state index in [1.165, 1.54) is 7.11 Å². The third kappa shape index (κ3) is 1.80. The van der Waals surface area contributed by atoms with E-state index in [-0.39, 0.29) is 5.97 Å². The van der Waals surface area contributed by atoms with Crippen LogP contribution in [0.4, 0.5) is 0 Å². The number of benzene rings is 1. The molecule has 57 valence electrons. The van der Waals surface area contributed by atoms with Gasteiger partial charge < -0.3 is 4.74 Å². The molecule has 1 radical (unpaired) electrons. The second-order valence-corrected chi connectivity index (χ2v) is 2.25. The van der Waals surface area contributed by atoms with E-state index in [1.54, 1.807) is 12.1 Å². The van der Waals surface area contributed by atoms with Crippen molar-refractivity contribution in [2.75, 3.05) is 7.11 Å². The molecule has 0 fully saturated rings. The SMILES string of the molecule is COC(=O)c1c[c]c(C)cc1. The molecule has 0 saturated carbocycles. The molecule has 2 nitrogen and oxygen atoms in total. The van der Waals surface area contributed by atoms with Crippen molar-refractivity contribution in [1.82, 2.24) is 0 Å². The average molecular weight is 149 g/mol. The van der Waals surface area contributed by atoms with Crippen molar-refractivity contribution < 1.29 is 9.53 Å². The molecule has 0 saturated heterocycles. The monoisotopic (exact) mass is 149 g/mol. The Hall–Kier alpha value is -1.31. The molecule has 11 heavy (non-hydrogen) atoms. The van der Waals surface area contributed by atoms with Gasteiger partial charge in [0, 0.05) is 0 Å². The molecule has 1 aromatic carbocycles. The van der Waals surface area contributed by atoms with Crippen LogP contribution in [0.2, 0.25) is 0 Å². The molecular weight excluding hydrogens is 140 g/mol. The highest BCUT2D eigenvalue weighted by Gasteiger charge is 2.02. The zero-order chi connectivity index (χ0) is 8.27. The van der Waals surface area contributed by atoms with E-state index in [1.807, 2.05) is 13.0 Å². The van der Waals surface area contributed by atoms with Gasteiger partial charge in [-0.25, -0.2) is 4.79 Å². The Morgan fingerprint density at radius 1 is 1.55 bits per heavy atom. The fourth-order valence-electron chi connectivity index (χ4n) is 0.747. The molecule has 0 N–H and O–H groups in total. The summed E-state index contributed by atoms with van der Waals surface area (Å²) in [5.74, 6) is -0.318. The van der Waals surface area contributed by atoms with E-state index in [2.05, 4.69) is 10.8 Å². The van der Waals surface area contributed by atoms with Crippen molar-refractivity contribution in [2.24, 2.45) is 0 Å². The molecule has 0 bridgehead atoms. The standard InChI is InChI=1S/C9H9O2/c1-7-3-5-8(6-4-7)9(10)11-2/h3,5-6H,1-2H3. The predicted octanol–water partition coefficient (Wildman–Crippen LogP) is 1.58. The smallest absolute Gasteiger partial charge is 0.337 e. The van der Waals surface area contributed by atoms with Gasteiger partial charge >= 0.3 is 5.97 Å². The van der Waals surface area contributed by atoms with Crippen LogP contribution >= 0.6 is 0 Å². The summed E-state index contributed by atoms with van der Waals surface area (Å²) in [5.41, 5.74) is 1.55. The molecule has 1 aromatic rings. The number of aryl methyl sites for hydroxylation is 1. The predicted molar refractivity (Wildman–Crippen MR) is 41.4 cm³/mol. The minimum Gasteiger partial charge on any atom is -0.465 e. The minimum atomic E-state index is -0.318. The Balaban J connectivity index is 2.90. The Labute approximate surface area is 65.8 Å². The van der Waals surface area contributed by atoms with Crippen LogP contribution in [0.3, 0.4) is 0 Å². The topological polar surface area (TPSA) is 26.3 Å². The third-order valence-corrected chi connectivity index (χ3v) is 1.39. The van der Waals surface area contributed by atoms with Crippen LogP contribution in [-0.2, 0) is 4.74 Å². The maximum absolute atomic E-state index is 10.9. The van der Waals surface area contributed by atoms with Crippen molar-refractivity contribution in [3.8, 4) is 0 Å². The Kier molecular flexibility index (Phi) is 2.26. The highest BCUT2D eigenvalue weighted by molar-refractivity contribution is 5.89. The first-order valence-corrected chi connectivity index (χ1v) is 3.30. The molecule has 0 aromatic heterocycles. The lowest BCUT2D eigenvalue weighted by atomic mass is 10.2. The summed E-state index contributed by atoms with van der Waals surface area (Å²) in [6.45, 7) is 1.92. The number of carbonyl (C=O) groups excluding carboxylic acids is 1. The van der Waals surface area contributed by atoms with E-state index in [0.717, 1.165) is 5.56 Å². The van der Waals surface area contributed by atoms with Gasteiger partial charge in [0.1, 0.15) is 0 Å². The van der Waals surface area contributed by atoms with E-state index in [9.17, 15) is 4.79 Å². The summed E-state index contributed by atoms with van der Waals surface area (Å²) in [6.07, 6.45) is 0. The molecule has 1 rings (SSSR count). The van der Waals surface area contributed by atoms with Crippen LogP contribution in [0.1, 0.15) is 15.9 Å². The average Bonchev–Trinajstić information content (AvgIpc) is 2.05. The number of esters is 1. The van der Waals surface area contributed by atoms with Gasteiger partial charge in [0.25, 0.3) is 0 Å². The summed E-state index contributed by atoms with van der Waals surface area (Å²) in [6, 6.07) is 8.09. The first-order chi connectivity index (χ1) is 5.24. The van der Waals surface area contributed by atoms with Gasteiger partial charge in [0.05, 0.1) is 12.7 Å². The lowest BCUT2D eigenvalue weighted by molar-refractivity contribution is 0.0600. The summed E-state index contributed by atoms with van der Waals surface area (Å²) < 4.78 is 4.52. The maximum Gasteiger partial charge on any atom is 0.337 e. The molecule has 0 aliphatic carbocycles. The van der Waals surface area contributed by atoms with Gasteiger partial charge in [-0.3, -0.25) is 0 Å². The van der Waals surface area contributed by atoms with Crippen LogP contribution in [0.25, 0.3) is 0 Å². The second kappa shape index (κ2) is 3.19. The first kappa shape index (κ1) is 7.79. The van der Waals surface area contributed by atoms with Crippen LogP contribution < -0.4 is 0 Å². The van der Waals surface area contributed by atoms with Gasteiger partial charge in [0.15, 0.2) is 0 Å². The zero-order valence-electron chi connectivity index (χ0n) is 6.55. The van der Waals surface area contributed by atoms with Crippen molar-refractivity contribution in [1.29, 1.82) is 0 Å². The van der Waals surface area contributed by atoms with Gasteiger partial charge in [-0.15, -0.1) is 0 Å². The van der Waals surface area contributed by atoms with Crippen molar-refractivity contribution in [2.45, 2.75) is 6.92 Å². The first-order valence-electron chi connectivity index (χ1n) is 3.30. The van der Waals surface area contributed by atoms with Crippen molar-refractivity contribution >= 4 is 5.97 Å². The quantitative estimate of drug-likeness (QED) is 0.567. The fourth-order valence-corrected chi connectivity index (χ4v) is 0.747. The largest absolute Gasteiger partial charge is 0.465 e. The normalized spacial score (nSPS) is 9.27. The number of hydrogen-bond acceptors (Lipinski definition) is 2. The van der Waals surface area contributed by atoms with E-state index < -0.39 is 0 Å². The summed E-state index contributed by atoms with van der Waals surface area (Å²) in [4.78, 5) is 10.9. The molecule has 2 heteroatoms. The van der Waals surface area contributed by atoms with Gasteiger partial charge in [-0.1, -0.05) is 6.07 Å². The number of carbonyl (C=O) groups is 1. The van der Waals surface area contributed by atoms with Gasteiger partial charge in [-0.05, 0) is 30.7 Å². The summed E-state index contributed by atoms with van der Waals surface area (Å²) in [5, 5.41) is 0. The summed E-state index contributed by atoms with van der Waals surface area (Å²) in [7, 11) is 1.36. The minimum absolute atomic E-state index is 0.318. The van der Waals surface area contributed by atoms with Crippen LogP contribution in [0, 0.1) is 13.0 Å². The zero-order valence-corrected chi connectivity index (χ0v) is 6.55. The molecular formula is C9H9O2. The lowest BCUT2D eigenvalue weighted by Gasteiger charge is -1.97. The number of ether oxygens (including phenoxy) is 1. The van der Waals surface area contributed by atoms with Crippen molar-refractivity contribution in [3.63, 3.8) is 0 Å². The number of rotatable bonds is 1. The Morgan fingerprint density at radius 2 is 2.27 bits per heavy atom. The Morgan fingerprint density at radius 3 is 2.73 bits per heavy atom. The molecule has 0 aliphatic rings. The van der Waals surface area contributed by atoms with E-state index in [4.69, 9.17) is 0 Å². The molecule has 0 spiro atoms. The maximum atomic E-state index is 10.9. The fraction of sp³-hybridized carbons (Fsp3) is 0.222. The lowest BCUT2D eigenvalue weighted by Crippen LogP contribution is -2.00. The molecule has 0 amide bonds. The number of hydrogen-bond donors (Lipinski definition) is 0. The highest BCUT2D eigenvalue weighted by Crippen LogP contribution is 2.02. The third-order valence-electron chi connectivity index (χ3n) is 1.39. The van der Waals surface area contributed by atoms with Crippen LogP contribution in [-0.4, -0.2) is 13.1 Å². The molecule has 0 atom stereocenters. The van der Waals surface area contributed by atoms with Gasteiger partial charge in [-0.2, -0.15) is 0 Å². The van der Waals surface area contributed by atoms with Gasteiger partial charge in [0.2, 0.25) is 0 Å². The highest BCUT2D eigenvalue weighted by atomic mass is 16.5. The second-order valence-electron chi connectivity index (χ2n) is 2.25.